The number of piperidine rings is 1. The average Bonchev–Trinajstić information content (AvgIpc) is 3.17. The quantitative estimate of drug-likeness (QED) is 0.525. The number of rotatable bonds is 4. The molecule has 0 bridgehead atoms. The van der Waals surface area contributed by atoms with Crippen LogP contribution in [0.15, 0.2) is 48.7 Å². The lowest BCUT2D eigenvalue weighted by molar-refractivity contribution is 0.102. The summed E-state index contributed by atoms with van der Waals surface area (Å²) < 4.78 is 1.87. The van der Waals surface area contributed by atoms with Gasteiger partial charge in [0.1, 0.15) is 0 Å². The SMILES string of the molecule is Cc1c(Cl)cccc1-n1ncc(C(=O)Nc2ccccc2Cl)c1C1CCNCC1.Cl. The summed E-state index contributed by atoms with van der Waals surface area (Å²) in [5.74, 6) is 0.0155. The first kappa shape index (κ1) is 22.6. The van der Waals surface area contributed by atoms with Crippen LogP contribution in [0.25, 0.3) is 5.69 Å². The number of halogens is 3. The van der Waals surface area contributed by atoms with Crippen molar-refractivity contribution in [3.05, 3.63) is 75.5 Å². The molecule has 0 atom stereocenters. The molecule has 8 heteroatoms. The summed E-state index contributed by atoms with van der Waals surface area (Å²) in [7, 11) is 0. The molecule has 1 amide bonds. The van der Waals surface area contributed by atoms with Gasteiger partial charge in [-0.05, 0) is 62.7 Å². The molecule has 2 aromatic carbocycles. The van der Waals surface area contributed by atoms with E-state index in [0.717, 1.165) is 42.9 Å². The summed E-state index contributed by atoms with van der Waals surface area (Å²) in [6.07, 6.45) is 3.53. The molecular formula is C22H23Cl3N4O. The highest BCUT2D eigenvalue weighted by atomic mass is 35.5. The fraction of sp³-hybridized carbons (Fsp3) is 0.273. The Morgan fingerprint density at radius 1 is 1.10 bits per heavy atom. The second kappa shape index (κ2) is 9.84. The van der Waals surface area contributed by atoms with Gasteiger partial charge in [-0.1, -0.05) is 41.4 Å². The number of nitrogens with zero attached hydrogens (tertiary/aromatic N) is 2. The minimum Gasteiger partial charge on any atom is -0.321 e. The zero-order chi connectivity index (χ0) is 20.4. The lowest BCUT2D eigenvalue weighted by atomic mass is 9.91. The molecule has 1 aliphatic rings. The normalized spacial score (nSPS) is 14.2. The Balaban J connectivity index is 0.00000256. The molecule has 1 aromatic heterocycles. The second-order valence-electron chi connectivity index (χ2n) is 7.20. The van der Waals surface area contributed by atoms with Crippen molar-refractivity contribution in [1.29, 1.82) is 0 Å². The van der Waals surface area contributed by atoms with Crippen LogP contribution in [0, 0.1) is 6.92 Å². The highest BCUT2D eigenvalue weighted by Crippen LogP contribution is 2.33. The molecule has 1 fully saturated rings. The summed E-state index contributed by atoms with van der Waals surface area (Å²) in [4.78, 5) is 13.2. The van der Waals surface area contributed by atoms with Crippen molar-refractivity contribution in [3.63, 3.8) is 0 Å². The van der Waals surface area contributed by atoms with E-state index in [0.29, 0.717) is 21.3 Å². The van der Waals surface area contributed by atoms with Crippen LogP contribution >= 0.6 is 35.6 Å². The molecule has 0 spiro atoms. The van der Waals surface area contributed by atoms with Crippen molar-refractivity contribution in [3.8, 4) is 5.69 Å². The fourth-order valence-corrected chi connectivity index (χ4v) is 4.14. The van der Waals surface area contributed by atoms with E-state index in [4.69, 9.17) is 23.2 Å². The Kier molecular flexibility index (Phi) is 7.42. The van der Waals surface area contributed by atoms with Crippen LogP contribution in [-0.4, -0.2) is 28.8 Å². The highest BCUT2D eigenvalue weighted by molar-refractivity contribution is 6.34. The lowest BCUT2D eigenvalue weighted by Gasteiger charge is -2.25. The van der Waals surface area contributed by atoms with Gasteiger partial charge in [0.15, 0.2) is 0 Å². The van der Waals surface area contributed by atoms with Gasteiger partial charge in [0.2, 0.25) is 0 Å². The van der Waals surface area contributed by atoms with Crippen molar-refractivity contribution < 1.29 is 4.79 Å². The van der Waals surface area contributed by atoms with Crippen LogP contribution in [0.2, 0.25) is 10.0 Å². The number of benzene rings is 2. The van der Waals surface area contributed by atoms with Crippen LogP contribution in [-0.2, 0) is 0 Å². The summed E-state index contributed by atoms with van der Waals surface area (Å²) in [5.41, 5.74) is 3.90. The summed E-state index contributed by atoms with van der Waals surface area (Å²) in [5, 5.41) is 12.1. The van der Waals surface area contributed by atoms with Crippen LogP contribution < -0.4 is 10.6 Å². The van der Waals surface area contributed by atoms with Crippen LogP contribution in [0.5, 0.6) is 0 Å². The van der Waals surface area contributed by atoms with Crippen molar-refractivity contribution in [1.82, 2.24) is 15.1 Å². The van der Waals surface area contributed by atoms with E-state index in [1.165, 1.54) is 0 Å². The predicted octanol–water partition coefficient (Wildman–Crippen LogP) is 5.63. The number of anilines is 1. The minimum absolute atomic E-state index is 0. The standard InChI is InChI=1S/C22H22Cl2N4O.ClH/c1-14-17(23)6-4-8-20(14)28-21(15-9-11-25-12-10-15)16(13-26-28)22(29)27-19-7-3-2-5-18(19)24;/h2-8,13,15,25H,9-12H2,1H3,(H,27,29);1H. The van der Waals surface area contributed by atoms with E-state index in [9.17, 15) is 4.79 Å². The Bertz CT molecular complexity index is 1040. The topological polar surface area (TPSA) is 59.0 Å². The van der Waals surface area contributed by atoms with Crippen LogP contribution in [0.3, 0.4) is 0 Å². The number of hydrogen-bond donors (Lipinski definition) is 2. The van der Waals surface area contributed by atoms with Crippen LogP contribution in [0.1, 0.15) is 40.4 Å². The maximum atomic E-state index is 13.2. The molecule has 1 aliphatic heterocycles. The molecule has 0 saturated carbocycles. The Hall–Kier alpha value is -2.05. The molecule has 1 saturated heterocycles. The molecule has 30 heavy (non-hydrogen) atoms. The molecule has 0 unspecified atom stereocenters. The zero-order valence-electron chi connectivity index (χ0n) is 16.5. The molecule has 3 aromatic rings. The molecule has 5 nitrogen and oxygen atoms in total. The first-order valence-corrected chi connectivity index (χ1v) is 10.4. The van der Waals surface area contributed by atoms with E-state index >= 15 is 0 Å². The maximum Gasteiger partial charge on any atom is 0.259 e. The fourth-order valence-electron chi connectivity index (χ4n) is 3.79. The first-order valence-electron chi connectivity index (χ1n) is 9.66. The zero-order valence-corrected chi connectivity index (χ0v) is 18.8. The Labute approximate surface area is 192 Å². The number of amides is 1. The smallest absolute Gasteiger partial charge is 0.259 e. The highest BCUT2D eigenvalue weighted by Gasteiger charge is 2.28. The van der Waals surface area contributed by atoms with Crippen LogP contribution in [0.4, 0.5) is 5.69 Å². The van der Waals surface area contributed by atoms with Gasteiger partial charge in [-0.25, -0.2) is 4.68 Å². The van der Waals surface area contributed by atoms with E-state index < -0.39 is 0 Å². The Morgan fingerprint density at radius 3 is 2.53 bits per heavy atom. The molecule has 158 valence electrons. The van der Waals surface area contributed by atoms with Gasteiger partial charge in [-0.3, -0.25) is 4.79 Å². The number of nitrogens with one attached hydrogen (secondary N) is 2. The monoisotopic (exact) mass is 464 g/mol. The van der Waals surface area contributed by atoms with Gasteiger partial charge >= 0.3 is 0 Å². The second-order valence-corrected chi connectivity index (χ2v) is 8.01. The van der Waals surface area contributed by atoms with Gasteiger partial charge < -0.3 is 10.6 Å². The summed E-state index contributed by atoms with van der Waals surface area (Å²) in [6, 6.07) is 13.0. The van der Waals surface area contributed by atoms with Crippen molar-refractivity contribution in [2.24, 2.45) is 0 Å². The van der Waals surface area contributed by atoms with Gasteiger partial charge in [0, 0.05) is 10.9 Å². The number of carbonyl (C=O) groups is 1. The summed E-state index contributed by atoms with van der Waals surface area (Å²) in [6.45, 7) is 3.79. The third-order valence-corrected chi connectivity index (χ3v) is 6.11. The lowest BCUT2D eigenvalue weighted by Crippen LogP contribution is -2.29. The Morgan fingerprint density at radius 2 is 1.80 bits per heavy atom. The molecule has 2 heterocycles. The van der Waals surface area contributed by atoms with E-state index in [-0.39, 0.29) is 24.2 Å². The van der Waals surface area contributed by atoms with Gasteiger partial charge in [0.25, 0.3) is 5.91 Å². The average molecular weight is 466 g/mol. The third kappa shape index (κ3) is 4.49. The molecule has 0 aliphatic carbocycles. The van der Waals surface area contributed by atoms with Gasteiger partial charge in [-0.15, -0.1) is 12.4 Å². The van der Waals surface area contributed by atoms with E-state index in [1.54, 1.807) is 18.3 Å². The molecule has 4 rings (SSSR count). The van der Waals surface area contributed by atoms with E-state index in [2.05, 4.69) is 15.7 Å². The largest absolute Gasteiger partial charge is 0.321 e. The number of para-hydroxylation sites is 1. The first-order chi connectivity index (χ1) is 14.1. The predicted molar refractivity (Wildman–Crippen MR) is 125 cm³/mol. The van der Waals surface area contributed by atoms with Gasteiger partial charge in [-0.2, -0.15) is 5.10 Å². The molecule has 2 N–H and O–H groups in total. The number of aromatic nitrogens is 2. The number of hydrogen-bond acceptors (Lipinski definition) is 3. The van der Waals surface area contributed by atoms with Crippen molar-refractivity contribution >= 4 is 47.2 Å². The molecule has 0 radical (unpaired) electrons. The maximum absolute atomic E-state index is 13.2. The molecular weight excluding hydrogens is 443 g/mol. The number of carbonyl (C=O) groups excluding carboxylic acids is 1. The van der Waals surface area contributed by atoms with Crippen molar-refractivity contribution in [2.75, 3.05) is 18.4 Å². The van der Waals surface area contributed by atoms with E-state index in [1.807, 2.05) is 41.9 Å². The summed E-state index contributed by atoms with van der Waals surface area (Å²) >= 11 is 12.6. The third-order valence-electron chi connectivity index (χ3n) is 5.37. The van der Waals surface area contributed by atoms with Gasteiger partial charge in [0.05, 0.1) is 33.9 Å². The van der Waals surface area contributed by atoms with Crippen molar-refractivity contribution in [2.45, 2.75) is 25.7 Å². The minimum atomic E-state index is -0.211.